The Kier molecular flexibility index (Phi) is 7.51. The molecule has 0 radical (unpaired) electrons. The Morgan fingerprint density at radius 3 is 2.43 bits per heavy atom. The van der Waals surface area contributed by atoms with Crippen molar-refractivity contribution in [3.63, 3.8) is 0 Å². The first-order valence-corrected chi connectivity index (χ1v) is 7.88. The summed E-state index contributed by atoms with van der Waals surface area (Å²) in [6, 6.07) is 10.4. The molecule has 0 aliphatic rings. The molecule has 0 aromatic heterocycles. The van der Waals surface area contributed by atoms with Crippen LogP contribution in [0.25, 0.3) is 0 Å². The van der Waals surface area contributed by atoms with Gasteiger partial charge >= 0.3 is 0 Å². The first-order valence-electron chi connectivity index (χ1n) is 7.88. The van der Waals surface area contributed by atoms with Gasteiger partial charge in [-0.05, 0) is 45.5 Å². The molecule has 1 rings (SSSR count). The van der Waals surface area contributed by atoms with Crippen molar-refractivity contribution in [3.8, 4) is 0 Å². The Morgan fingerprint density at radius 1 is 1.19 bits per heavy atom. The van der Waals surface area contributed by atoms with Gasteiger partial charge in [0.05, 0.1) is 12.2 Å². The van der Waals surface area contributed by atoms with E-state index in [2.05, 4.69) is 24.3 Å². The third-order valence-electron chi connectivity index (χ3n) is 3.29. The molecular formula is C17H28BNO2. The highest BCUT2D eigenvalue weighted by atomic mass is 16.5. The molecule has 1 amide bonds. The van der Waals surface area contributed by atoms with Crippen LogP contribution in [0.15, 0.2) is 30.3 Å². The van der Waals surface area contributed by atoms with Crippen molar-refractivity contribution in [2.45, 2.75) is 45.5 Å². The molecule has 1 aromatic rings. The maximum atomic E-state index is 12.0. The summed E-state index contributed by atoms with van der Waals surface area (Å²) in [7, 11) is 1.91. The van der Waals surface area contributed by atoms with Crippen LogP contribution in [0, 0.1) is 0 Å². The van der Waals surface area contributed by atoms with Crippen molar-refractivity contribution >= 4 is 13.8 Å². The van der Waals surface area contributed by atoms with Crippen LogP contribution < -0.4 is 0 Å². The number of rotatable bonds is 8. The number of carbonyl (C=O) groups is 1. The minimum atomic E-state index is -0.148. The number of amides is 1. The van der Waals surface area contributed by atoms with Crippen molar-refractivity contribution < 1.29 is 9.53 Å². The van der Waals surface area contributed by atoms with Crippen LogP contribution in [-0.2, 0) is 16.0 Å². The number of nitrogens with zero attached hydrogens (tertiary/aromatic N) is 1. The molecule has 0 N–H and O–H groups in total. The lowest BCUT2D eigenvalue weighted by atomic mass is 10.0. The largest absolute Gasteiger partial charge is 0.374 e. The van der Waals surface area contributed by atoms with Gasteiger partial charge in [0, 0.05) is 13.1 Å². The topological polar surface area (TPSA) is 29.5 Å². The van der Waals surface area contributed by atoms with E-state index in [1.807, 2.05) is 39.6 Å². The normalized spacial score (nSPS) is 11.4. The highest BCUT2D eigenvalue weighted by Gasteiger charge is 2.14. The summed E-state index contributed by atoms with van der Waals surface area (Å²) in [6.45, 7) is 8.19. The lowest BCUT2D eigenvalue weighted by molar-refractivity contribution is -0.130. The van der Waals surface area contributed by atoms with Crippen LogP contribution in [-0.4, -0.2) is 44.0 Å². The molecule has 0 aliphatic carbocycles. The Bertz CT molecular complexity index is 415. The zero-order valence-corrected chi connectivity index (χ0v) is 13.9. The van der Waals surface area contributed by atoms with E-state index in [1.165, 1.54) is 5.56 Å². The van der Waals surface area contributed by atoms with Crippen LogP contribution in [0.1, 0.15) is 32.8 Å². The Hall–Kier alpha value is -1.29. The van der Waals surface area contributed by atoms with E-state index in [0.717, 1.165) is 19.4 Å². The molecule has 0 atom stereocenters. The van der Waals surface area contributed by atoms with Crippen LogP contribution in [0.3, 0.4) is 0 Å². The highest BCUT2D eigenvalue weighted by molar-refractivity contribution is 6.19. The van der Waals surface area contributed by atoms with Crippen molar-refractivity contribution in [1.29, 1.82) is 0 Å². The van der Waals surface area contributed by atoms with Crippen LogP contribution in [0.2, 0.25) is 6.32 Å². The SMILES string of the molecule is BCC(=O)N(CCCc1ccccc1)CCOC(C)(C)C. The van der Waals surface area contributed by atoms with Gasteiger partial charge in [-0.25, -0.2) is 0 Å². The molecule has 0 spiro atoms. The summed E-state index contributed by atoms with van der Waals surface area (Å²) in [5.74, 6) is 0.209. The van der Waals surface area contributed by atoms with E-state index >= 15 is 0 Å². The number of hydrogen-bond acceptors (Lipinski definition) is 2. The molecule has 3 nitrogen and oxygen atoms in total. The summed E-state index contributed by atoms with van der Waals surface area (Å²) in [5.41, 5.74) is 1.18. The first kappa shape index (κ1) is 17.8. The second-order valence-electron chi connectivity index (χ2n) is 6.28. The summed E-state index contributed by atoms with van der Waals surface area (Å²) >= 11 is 0. The second-order valence-corrected chi connectivity index (χ2v) is 6.28. The smallest absolute Gasteiger partial charge is 0.214 e. The fraction of sp³-hybridized carbons (Fsp3) is 0.588. The van der Waals surface area contributed by atoms with E-state index in [9.17, 15) is 4.79 Å². The molecule has 4 heteroatoms. The fourth-order valence-corrected chi connectivity index (χ4v) is 2.17. The van der Waals surface area contributed by atoms with Gasteiger partial charge in [-0.1, -0.05) is 30.3 Å². The lowest BCUT2D eigenvalue weighted by Crippen LogP contribution is -2.36. The van der Waals surface area contributed by atoms with Gasteiger partial charge < -0.3 is 9.64 Å². The molecule has 116 valence electrons. The van der Waals surface area contributed by atoms with Crippen molar-refractivity contribution in [2.75, 3.05) is 19.7 Å². The van der Waals surface area contributed by atoms with Gasteiger partial charge in [-0.15, -0.1) is 0 Å². The second kappa shape index (κ2) is 8.88. The molecule has 0 fully saturated rings. The third kappa shape index (κ3) is 7.91. The van der Waals surface area contributed by atoms with Gasteiger partial charge in [0.1, 0.15) is 7.85 Å². The first-order chi connectivity index (χ1) is 9.92. The fourth-order valence-electron chi connectivity index (χ4n) is 2.17. The van der Waals surface area contributed by atoms with Crippen LogP contribution >= 0.6 is 0 Å². The predicted molar refractivity (Wildman–Crippen MR) is 90.4 cm³/mol. The van der Waals surface area contributed by atoms with Crippen LogP contribution in [0.5, 0.6) is 0 Å². The monoisotopic (exact) mass is 289 g/mol. The predicted octanol–water partition coefficient (Wildman–Crippen LogP) is 2.31. The van der Waals surface area contributed by atoms with Crippen molar-refractivity contribution in [3.05, 3.63) is 35.9 Å². The van der Waals surface area contributed by atoms with E-state index in [4.69, 9.17) is 4.74 Å². The van der Waals surface area contributed by atoms with E-state index in [1.54, 1.807) is 0 Å². The molecule has 0 unspecified atom stereocenters. The molecule has 21 heavy (non-hydrogen) atoms. The number of benzene rings is 1. The number of hydrogen-bond donors (Lipinski definition) is 0. The van der Waals surface area contributed by atoms with E-state index in [-0.39, 0.29) is 11.5 Å². The van der Waals surface area contributed by atoms with Crippen LogP contribution in [0.4, 0.5) is 0 Å². The van der Waals surface area contributed by atoms with Crippen molar-refractivity contribution in [2.24, 2.45) is 0 Å². The molecule has 0 saturated carbocycles. The van der Waals surface area contributed by atoms with Crippen molar-refractivity contribution in [1.82, 2.24) is 4.90 Å². The maximum absolute atomic E-state index is 12.0. The zero-order chi connectivity index (χ0) is 15.7. The Morgan fingerprint density at radius 2 is 1.86 bits per heavy atom. The average Bonchev–Trinajstić information content (AvgIpc) is 2.44. The number of ether oxygens (including phenoxy) is 1. The maximum Gasteiger partial charge on any atom is 0.214 e. The zero-order valence-electron chi connectivity index (χ0n) is 13.9. The third-order valence-corrected chi connectivity index (χ3v) is 3.29. The van der Waals surface area contributed by atoms with Gasteiger partial charge in [0.25, 0.3) is 0 Å². The van der Waals surface area contributed by atoms with E-state index in [0.29, 0.717) is 19.5 Å². The molecule has 1 aromatic carbocycles. The van der Waals surface area contributed by atoms with Gasteiger partial charge in [0.15, 0.2) is 0 Å². The number of carbonyl (C=O) groups excluding carboxylic acids is 1. The summed E-state index contributed by atoms with van der Waals surface area (Å²) in [6.07, 6.45) is 2.56. The molecule has 0 aliphatic heterocycles. The van der Waals surface area contributed by atoms with Gasteiger partial charge in [-0.3, -0.25) is 4.79 Å². The van der Waals surface area contributed by atoms with Gasteiger partial charge in [0.2, 0.25) is 5.91 Å². The number of aryl methyl sites for hydroxylation is 1. The minimum Gasteiger partial charge on any atom is -0.374 e. The standard InChI is InChI=1S/C17H28BNO2/c1-17(2,3)21-13-12-19(16(20)14-18)11-7-10-15-8-5-4-6-9-15/h4-6,8-9H,7,10-14,18H2,1-3H3. The highest BCUT2D eigenvalue weighted by Crippen LogP contribution is 2.08. The van der Waals surface area contributed by atoms with Gasteiger partial charge in [-0.2, -0.15) is 0 Å². The summed E-state index contributed by atoms with van der Waals surface area (Å²) in [5, 5.41) is 0. The Balaban J connectivity index is 2.38. The summed E-state index contributed by atoms with van der Waals surface area (Å²) < 4.78 is 5.73. The quantitative estimate of drug-likeness (QED) is 0.687. The molecular weight excluding hydrogens is 261 g/mol. The molecule has 0 heterocycles. The average molecular weight is 289 g/mol. The minimum absolute atomic E-state index is 0.148. The van der Waals surface area contributed by atoms with E-state index < -0.39 is 0 Å². The Labute approximate surface area is 130 Å². The summed E-state index contributed by atoms with van der Waals surface area (Å²) in [4.78, 5) is 13.9. The molecule has 0 bridgehead atoms. The lowest BCUT2D eigenvalue weighted by Gasteiger charge is -2.25. The molecule has 0 saturated heterocycles.